The summed E-state index contributed by atoms with van der Waals surface area (Å²) in [6, 6.07) is -0.194. The first-order valence-electron chi connectivity index (χ1n) is 6.96. The zero-order valence-corrected chi connectivity index (χ0v) is 13.8. The minimum atomic E-state index is -0.537. The van der Waals surface area contributed by atoms with Crippen LogP contribution in [0.2, 0.25) is 0 Å². The van der Waals surface area contributed by atoms with Gasteiger partial charge in [-0.15, -0.1) is 0 Å². The molecule has 0 saturated carbocycles. The highest BCUT2D eigenvalue weighted by Crippen LogP contribution is 2.09. The second-order valence-corrected chi connectivity index (χ2v) is 5.96. The van der Waals surface area contributed by atoms with Crippen LogP contribution in [0, 0.1) is 5.92 Å². The van der Waals surface area contributed by atoms with Crippen molar-refractivity contribution in [1.29, 1.82) is 0 Å². The average molecular weight is 301 g/mol. The quantitative estimate of drug-likeness (QED) is 0.577. The second kappa shape index (κ2) is 9.39. The summed E-state index contributed by atoms with van der Waals surface area (Å²) in [5, 5.41) is 2.77. The van der Waals surface area contributed by atoms with Crippen molar-refractivity contribution in [3.8, 4) is 0 Å². The van der Waals surface area contributed by atoms with Crippen molar-refractivity contribution in [1.82, 2.24) is 5.32 Å². The molecule has 1 amide bonds. The van der Waals surface area contributed by atoms with E-state index in [9.17, 15) is 9.59 Å². The van der Waals surface area contributed by atoms with Crippen LogP contribution in [-0.4, -0.2) is 44.0 Å². The number of esters is 1. The van der Waals surface area contributed by atoms with E-state index < -0.39 is 17.7 Å². The van der Waals surface area contributed by atoms with Crippen LogP contribution in [0.1, 0.15) is 34.6 Å². The SMILES string of the molecule is COCC(=O)OC/C=C/[C@@H](NC(=O)OC(C)(C)C)C(C)C. The fourth-order valence-corrected chi connectivity index (χ4v) is 1.38. The Kier molecular flexibility index (Phi) is 8.69. The van der Waals surface area contributed by atoms with Gasteiger partial charge in [0.15, 0.2) is 0 Å². The van der Waals surface area contributed by atoms with E-state index in [0.29, 0.717) is 0 Å². The smallest absolute Gasteiger partial charge is 0.408 e. The first-order chi connectivity index (χ1) is 9.65. The molecule has 0 aromatic rings. The molecule has 0 aliphatic heterocycles. The summed E-state index contributed by atoms with van der Waals surface area (Å²) < 4.78 is 14.8. The van der Waals surface area contributed by atoms with E-state index in [1.807, 2.05) is 34.6 Å². The van der Waals surface area contributed by atoms with E-state index in [4.69, 9.17) is 9.47 Å². The van der Waals surface area contributed by atoms with E-state index in [-0.39, 0.29) is 25.2 Å². The maximum absolute atomic E-state index is 11.7. The monoisotopic (exact) mass is 301 g/mol. The molecule has 1 atom stereocenters. The molecule has 0 saturated heterocycles. The summed E-state index contributed by atoms with van der Waals surface area (Å²) in [5.74, 6) is -0.244. The summed E-state index contributed by atoms with van der Waals surface area (Å²) in [4.78, 5) is 22.8. The van der Waals surface area contributed by atoms with Crippen molar-refractivity contribution in [3.63, 3.8) is 0 Å². The Hall–Kier alpha value is -1.56. The number of rotatable bonds is 7. The lowest BCUT2D eigenvalue weighted by molar-refractivity contribution is -0.146. The zero-order chi connectivity index (χ0) is 16.5. The molecule has 0 aliphatic rings. The number of hydrogen-bond donors (Lipinski definition) is 1. The Morgan fingerprint density at radius 3 is 2.33 bits per heavy atom. The molecule has 21 heavy (non-hydrogen) atoms. The van der Waals surface area contributed by atoms with Crippen LogP contribution < -0.4 is 5.32 Å². The largest absolute Gasteiger partial charge is 0.460 e. The molecule has 0 fully saturated rings. The van der Waals surface area contributed by atoms with Crippen molar-refractivity contribution in [2.45, 2.75) is 46.3 Å². The predicted molar refractivity (Wildman–Crippen MR) is 80.0 cm³/mol. The number of amides is 1. The summed E-state index contributed by atoms with van der Waals surface area (Å²) in [5.41, 5.74) is -0.537. The molecule has 6 heteroatoms. The molecule has 0 aliphatic carbocycles. The number of nitrogens with one attached hydrogen (secondary N) is 1. The van der Waals surface area contributed by atoms with Crippen molar-refractivity contribution in [2.75, 3.05) is 20.3 Å². The van der Waals surface area contributed by atoms with Crippen LogP contribution in [0.25, 0.3) is 0 Å². The number of hydrogen-bond acceptors (Lipinski definition) is 5. The Bertz CT molecular complexity index is 358. The van der Waals surface area contributed by atoms with Crippen LogP contribution in [0.3, 0.4) is 0 Å². The summed E-state index contributed by atoms with van der Waals surface area (Å²) >= 11 is 0. The van der Waals surface area contributed by atoms with Gasteiger partial charge in [-0.05, 0) is 32.8 Å². The van der Waals surface area contributed by atoms with Gasteiger partial charge in [0.2, 0.25) is 0 Å². The molecular weight excluding hydrogens is 274 g/mol. The Morgan fingerprint density at radius 1 is 1.24 bits per heavy atom. The molecule has 0 unspecified atom stereocenters. The Labute approximate surface area is 126 Å². The van der Waals surface area contributed by atoms with E-state index >= 15 is 0 Å². The van der Waals surface area contributed by atoms with Gasteiger partial charge in [0.05, 0.1) is 6.04 Å². The zero-order valence-electron chi connectivity index (χ0n) is 13.8. The fraction of sp³-hybridized carbons (Fsp3) is 0.733. The third-order valence-electron chi connectivity index (χ3n) is 2.35. The lowest BCUT2D eigenvalue weighted by Crippen LogP contribution is -2.40. The third kappa shape index (κ3) is 10.8. The van der Waals surface area contributed by atoms with Gasteiger partial charge in [0, 0.05) is 7.11 Å². The van der Waals surface area contributed by atoms with Gasteiger partial charge in [-0.25, -0.2) is 9.59 Å². The van der Waals surface area contributed by atoms with Gasteiger partial charge in [0.1, 0.15) is 18.8 Å². The van der Waals surface area contributed by atoms with Crippen LogP contribution in [0.15, 0.2) is 12.2 Å². The van der Waals surface area contributed by atoms with E-state index in [1.165, 1.54) is 7.11 Å². The normalized spacial score (nSPS) is 13.3. The van der Waals surface area contributed by atoms with Gasteiger partial charge in [0.25, 0.3) is 0 Å². The standard InChI is InChI=1S/C15H27NO5/c1-11(2)12(16-14(18)21-15(3,4)5)8-7-9-20-13(17)10-19-6/h7-8,11-12H,9-10H2,1-6H3,(H,16,18)/b8-7+/t12-/m1/s1. The molecule has 0 spiro atoms. The molecule has 1 N–H and O–H groups in total. The van der Waals surface area contributed by atoms with Crippen molar-refractivity contribution in [2.24, 2.45) is 5.92 Å². The van der Waals surface area contributed by atoms with Gasteiger partial charge in [-0.1, -0.05) is 19.9 Å². The molecule has 122 valence electrons. The minimum absolute atomic E-state index is 0.0718. The maximum atomic E-state index is 11.7. The first-order valence-corrected chi connectivity index (χ1v) is 6.96. The third-order valence-corrected chi connectivity index (χ3v) is 2.35. The number of carbonyl (C=O) groups excluding carboxylic acids is 2. The highest BCUT2D eigenvalue weighted by molar-refractivity contribution is 5.70. The molecule has 0 radical (unpaired) electrons. The molecule has 0 aromatic heterocycles. The Balaban J connectivity index is 4.30. The topological polar surface area (TPSA) is 73.9 Å². The number of alkyl carbamates (subject to hydrolysis) is 1. The van der Waals surface area contributed by atoms with Crippen molar-refractivity contribution >= 4 is 12.1 Å². The fourth-order valence-electron chi connectivity index (χ4n) is 1.38. The predicted octanol–water partition coefficient (Wildman–Crippen LogP) is 2.28. The molecule has 0 aromatic carbocycles. The summed E-state index contributed by atoms with van der Waals surface area (Å²) in [6.07, 6.45) is 3.01. The van der Waals surface area contributed by atoms with Crippen LogP contribution >= 0.6 is 0 Å². The van der Waals surface area contributed by atoms with Crippen LogP contribution in [0.4, 0.5) is 4.79 Å². The van der Waals surface area contributed by atoms with Gasteiger partial charge >= 0.3 is 12.1 Å². The second-order valence-electron chi connectivity index (χ2n) is 5.96. The number of ether oxygens (including phenoxy) is 3. The van der Waals surface area contributed by atoms with E-state index in [1.54, 1.807) is 12.2 Å². The summed E-state index contributed by atoms with van der Waals surface area (Å²) in [6.45, 7) is 9.44. The minimum Gasteiger partial charge on any atom is -0.460 e. The molecule has 6 nitrogen and oxygen atoms in total. The molecule has 0 rings (SSSR count). The van der Waals surface area contributed by atoms with Gasteiger partial charge in [-0.2, -0.15) is 0 Å². The number of carbonyl (C=O) groups is 2. The van der Waals surface area contributed by atoms with Crippen LogP contribution in [0.5, 0.6) is 0 Å². The lowest BCUT2D eigenvalue weighted by Gasteiger charge is -2.24. The summed E-state index contributed by atoms with van der Waals surface area (Å²) in [7, 11) is 1.43. The van der Waals surface area contributed by atoms with Crippen LogP contribution in [-0.2, 0) is 19.0 Å². The van der Waals surface area contributed by atoms with Crippen molar-refractivity contribution < 1.29 is 23.8 Å². The van der Waals surface area contributed by atoms with Gasteiger partial charge in [-0.3, -0.25) is 0 Å². The highest BCUT2D eigenvalue weighted by atomic mass is 16.6. The average Bonchev–Trinajstić information content (AvgIpc) is 2.30. The molecule has 0 heterocycles. The molecular formula is C15H27NO5. The van der Waals surface area contributed by atoms with Gasteiger partial charge < -0.3 is 19.5 Å². The van der Waals surface area contributed by atoms with E-state index in [0.717, 1.165) is 0 Å². The first kappa shape index (κ1) is 19.4. The van der Waals surface area contributed by atoms with Crippen molar-refractivity contribution in [3.05, 3.63) is 12.2 Å². The number of methoxy groups -OCH3 is 1. The van der Waals surface area contributed by atoms with E-state index in [2.05, 4.69) is 10.1 Å². The maximum Gasteiger partial charge on any atom is 0.408 e. The molecule has 0 bridgehead atoms. The lowest BCUT2D eigenvalue weighted by atomic mass is 10.0. The Morgan fingerprint density at radius 2 is 1.86 bits per heavy atom. The highest BCUT2D eigenvalue weighted by Gasteiger charge is 2.19.